The summed E-state index contributed by atoms with van der Waals surface area (Å²) in [6.45, 7) is -2.19. The third-order valence-electron chi connectivity index (χ3n) is 2.03. The molecule has 9 heteroatoms. The molecule has 5 nitrogen and oxygen atoms in total. The van der Waals surface area contributed by atoms with Crippen molar-refractivity contribution in [3.63, 3.8) is 0 Å². The van der Waals surface area contributed by atoms with Crippen LogP contribution in [0.25, 0.3) is 0 Å². The molecule has 0 heterocycles. The van der Waals surface area contributed by atoms with Gasteiger partial charge in [0, 0.05) is 6.07 Å². The third-order valence-corrected chi connectivity index (χ3v) is 2.03. The summed E-state index contributed by atoms with van der Waals surface area (Å²) in [6.07, 6.45) is -4.46. The molecule has 0 bridgehead atoms. The summed E-state index contributed by atoms with van der Waals surface area (Å²) in [6, 6.07) is 4.55. The molecule has 3 N–H and O–H groups in total. The molecule has 0 spiro atoms. The second-order valence-electron chi connectivity index (χ2n) is 3.61. The number of benzene rings is 1. The van der Waals surface area contributed by atoms with Gasteiger partial charge >= 0.3 is 6.18 Å². The Kier molecular flexibility index (Phi) is 7.16. The van der Waals surface area contributed by atoms with Gasteiger partial charge in [0.05, 0.1) is 18.5 Å². The van der Waals surface area contributed by atoms with Gasteiger partial charge in [-0.25, -0.2) is 0 Å². The number of anilines is 2. The van der Waals surface area contributed by atoms with E-state index in [9.17, 15) is 18.0 Å². The van der Waals surface area contributed by atoms with E-state index in [4.69, 9.17) is 10.5 Å². The summed E-state index contributed by atoms with van der Waals surface area (Å²) in [5, 5.41) is 2.33. The minimum absolute atomic E-state index is 0. The summed E-state index contributed by atoms with van der Waals surface area (Å²) in [4.78, 5) is 11.4. The number of carbonyl (C=O) groups is 1. The number of hydrogen-bond donors (Lipinski definition) is 2. The number of methoxy groups -OCH3 is 1. The van der Waals surface area contributed by atoms with Gasteiger partial charge in [-0.15, -0.1) is 12.4 Å². The summed E-state index contributed by atoms with van der Waals surface area (Å²) in [5.74, 6) is -0.273. The van der Waals surface area contributed by atoms with Crippen molar-refractivity contribution in [1.29, 1.82) is 0 Å². The van der Waals surface area contributed by atoms with Crippen molar-refractivity contribution in [2.24, 2.45) is 0 Å². The summed E-state index contributed by atoms with van der Waals surface area (Å²) >= 11 is 0. The Balaban J connectivity index is 0.00000361. The van der Waals surface area contributed by atoms with E-state index in [0.29, 0.717) is 5.75 Å². The maximum Gasteiger partial charge on any atom is 0.411 e. The number of ether oxygens (including phenoxy) is 2. The second kappa shape index (κ2) is 7.81. The highest BCUT2D eigenvalue weighted by Crippen LogP contribution is 2.24. The van der Waals surface area contributed by atoms with Crippen LogP contribution in [0.4, 0.5) is 24.5 Å². The average Bonchev–Trinajstić information content (AvgIpc) is 2.30. The molecule has 1 aromatic rings. The highest BCUT2D eigenvalue weighted by Gasteiger charge is 2.27. The summed E-state index contributed by atoms with van der Waals surface area (Å²) in [5.41, 5.74) is 6.12. The topological polar surface area (TPSA) is 73.6 Å². The Hall–Kier alpha value is -1.67. The van der Waals surface area contributed by atoms with E-state index >= 15 is 0 Å². The van der Waals surface area contributed by atoms with E-state index in [1.807, 2.05) is 0 Å². The largest absolute Gasteiger partial charge is 0.497 e. The number of rotatable bonds is 5. The third kappa shape index (κ3) is 6.48. The van der Waals surface area contributed by atoms with Gasteiger partial charge in [0.2, 0.25) is 5.91 Å². The zero-order valence-corrected chi connectivity index (χ0v) is 11.3. The van der Waals surface area contributed by atoms with E-state index < -0.39 is 25.3 Å². The van der Waals surface area contributed by atoms with Crippen LogP contribution < -0.4 is 15.8 Å². The van der Waals surface area contributed by atoms with Gasteiger partial charge in [-0.2, -0.15) is 13.2 Å². The highest BCUT2D eigenvalue weighted by molar-refractivity contribution is 5.94. The van der Waals surface area contributed by atoms with E-state index in [1.54, 1.807) is 6.07 Å². The first kappa shape index (κ1) is 18.3. The van der Waals surface area contributed by atoms with Gasteiger partial charge in [0.25, 0.3) is 0 Å². The van der Waals surface area contributed by atoms with Crippen LogP contribution in [0.5, 0.6) is 5.75 Å². The number of alkyl halides is 3. The quantitative estimate of drug-likeness (QED) is 0.817. The lowest BCUT2D eigenvalue weighted by atomic mass is 10.2. The first-order valence-electron chi connectivity index (χ1n) is 5.19. The van der Waals surface area contributed by atoms with Crippen LogP contribution in [0.1, 0.15) is 0 Å². The van der Waals surface area contributed by atoms with Crippen molar-refractivity contribution < 1.29 is 27.4 Å². The van der Waals surface area contributed by atoms with Crippen LogP contribution in [-0.2, 0) is 9.53 Å². The number of nitrogens with one attached hydrogen (secondary N) is 1. The zero-order chi connectivity index (χ0) is 14.5. The Morgan fingerprint density at radius 1 is 1.40 bits per heavy atom. The molecule has 0 aliphatic rings. The minimum Gasteiger partial charge on any atom is -0.497 e. The number of amides is 1. The van der Waals surface area contributed by atoms with E-state index in [0.717, 1.165) is 0 Å². The molecule has 0 saturated carbocycles. The zero-order valence-electron chi connectivity index (χ0n) is 10.5. The maximum absolute atomic E-state index is 11.8. The molecule has 0 radical (unpaired) electrons. The minimum atomic E-state index is -4.46. The molecule has 0 fully saturated rings. The van der Waals surface area contributed by atoms with Crippen molar-refractivity contribution in [3.05, 3.63) is 18.2 Å². The number of nitrogen functional groups attached to an aromatic ring is 1. The molecule has 0 aromatic heterocycles. The molecule has 114 valence electrons. The molecule has 1 rings (SSSR count). The predicted molar refractivity (Wildman–Crippen MR) is 70.2 cm³/mol. The summed E-state index contributed by atoms with van der Waals surface area (Å²) < 4.78 is 44.6. The number of nitrogens with two attached hydrogens (primary N) is 1. The SMILES string of the molecule is COc1ccc(N)c(NC(=O)COCC(F)(F)F)c1.Cl. The molecule has 0 aliphatic heterocycles. The van der Waals surface area contributed by atoms with Crippen molar-refractivity contribution in [2.45, 2.75) is 6.18 Å². The van der Waals surface area contributed by atoms with Crippen molar-refractivity contribution in [2.75, 3.05) is 31.4 Å². The van der Waals surface area contributed by atoms with E-state index in [-0.39, 0.29) is 23.8 Å². The Labute approximate surface area is 119 Å². The number of carbonyl (C=O) groups excluding carboxylic acids is 1. The molecular formula is C11H14ClF3N2O3. The van der Waals surface area contributed by atoms with Crippen LogP contribution in [0.3, 0.4) is 0 Å². The molecule has 0 aliphatic carbocycles. The van der Waals surface area contributed by atoms with Crippen molar-refractivity contribution in [3.8, 4) is 5.75 Å². The Morgan fingerprint density at radius 3 is 2.60 bits per heavy atom. The smallest absolute Gasteiger partial charge is 0.411 e. The first-order valence-corrected chi connectivity index (χ1v) is 5.19. The maximum atomic E-state index is 11.8. The van der Waals surface area contributed by atoms with Gasteiger partial charge in [0.1, 0.15) is 19.0 Å². The fraction of sp³-hybridized carbons (Fsp3) is 0.364. The lowest BCUT2D eigenvalue weighted by Crippen LogP contribution is -2.24. The van der Waals surface area contributed by atoms with Gasteiger partial charge in [-0.3, -0.25) is 4.79 Å². The summed E-state index contributed by atoms with van der Waals surface area (Å²) in [7, 11) is 1.43. The van der Waals surface area contributed by atoms with Gasteiger partial charge in [0.15, 0.2) is 0 Å². The molecule has 0 unspecified atom stereocenters. The number of hydrogen-bond acceptors (Lipinski definition) is 4. The monoisotopic (exact) mass is 314 g/mol. The fourth-order valence-electron chi connectivity index (χ4n) is 1.22. The molecule has 20 heavy (non-hydrogen) atoms. The lowest BCUT2D eigenvalue weighted by molar-refractivity contribution is -0.174. The van der Waals surface area contributed by atoms with Crippen LogP contribution >= 0.6 is 12.4 Å². The Bertz CT molecular complexity index is 455. The molecule has 0 saturated heterocycles. The first-order chi connectivity index (χ1) is 8.81. The van der Waals surface area contributed by atoms with Gasteiger partial charge in [-0.1, -0.05) is 0 Å². The highest BCUT2D eigenvalue weighted by atomic mass is 35.5. The second-order valence-corrected chi connectivity index (χ2v) is 3.61. The fourth-order valence-corrected chi connectivity index (χ4v) is 1.22. The van der Waals surface area contributed by atoms with Gasteiger partial charge in [-0.05, 0) is 12.1 Å². The molecule has 0 atom stereocenters. The molecular weight excluding hydrogens is 301 g/mol. The normalized spacial score (nSPS) is 10.6. The average molecular weight is 315 g/mol. The standard InChI is InChI=1S/C11H13F3N2O3.ClH/c1-18-7-2-3-8(15)9(4-7)16-10(17)5-19-6-11(12,13)14;/h2-4H,5-6,15H2,1H3,(H,16,17);1H. The van der Waals surface area contributed by atoms with Gasteiger partial charge < -0.3 is 20.5 Å². The molecule has 1 amide bonds. The van der Waals surface area contributed by atoms with Crippen LogP contribution in [0, 0.1) is 0 Å². The van der Waals surface area contributed by atoms with Crippen LogP contribution in [-0.4, -0.2) is 32.4 Å². The molecule has 1 aromatic carbocycles. The van der Waals surface area contributed by atoms with Crippen LogP contribution in [0.15, 0.2) is 18.2 Å². The van der Waals surface area contributed by atoms with Crippen LogP contribution in [0.2, 0.25) is 0 Å². The lowest BCUT2D eigenvalue weighted by Gasteiger charge is -2.11. The predicted octanol–water partition coefficient (Wildman–Crippen LogP) is 2.22. The van der Waals surface area contributed by atoms with E-state index in [2.05, 4.69) is 10.1 Å². The van der Waals surface area contributed by atoms with Crippen molar-refractivity contribution >= 4 is 29.7 Å². The Morgan fingerprint density at radius 2 is 2.05 bits per heavy atom. The van der Waals surface area contributed by atoms with E-state index in [1.165, 1.54) is 19.2 Å². The van der Waals surface area contributed by atoms with Crippen molar-refractivity contribution in [1.82, 2.24) is 0 Å². The number of halogens is 4.